The molecule has 2 N–H and O–H groups in total. The molecule has 0 fully saturated rings. The van der Waals surface area contributed by atoms with E-state index in [1.54, 1.807) is 6.20 Å². The van der Waals surface area contributed by atoms with Gasteiger partial charge in [-0.05, 0) is 38.0 Å². The number of rotatable bonds is 5. The third-order valence-electron chi connectivity index (χ3n) is 3.61. The van der Waals surface area contributed by atoms with Crippen molar-refractivity contribution < 1.29 is 0 Å². The first-order valence-electron chi connectivity index (χ1n) is 7.65. The predicted octanol–water partition coefficient (Wildman–Crippen LogP) is 2.91. The Bertz CT molecular complexity index is 648. The second-order valence-electron chi connectivity index (χ2n) is 5.42. The average Bonchev–Trinajstić information content (AvgIpc) is 2.89. The quantitative estimate of drug-likeness (QED) is 0.439. The van der Waals surface area contributed by atoms with Crippen molar-refractivity contribution in [1.82, 2.24) is 20.4 Å². The summed E-state index contributed by atoms with van der Waals surface area (Å²) in [5.74, 6) is 0.823. The number of nitrogens with one attached hydrogen (secondary N) is 2. The summed E-state index contributed by atoms with van der Waals surface area (Å²) in [5, 5.41) is 10.8. The fourth-order valence-electron chi connectivity index (χ4n) is 2.28. The van der Waals surface area contributed by atoms with E-state index in [1.807, 2.05) is 17.8 Å². The van der Waals surface area contributed by atoms with Gasteiger partial charge in [0.25, 0.3) is 0 Å². The number of aryl methyl sites for hydroxylation is 3. The predicted molar refractivity (Wildman–Crippen MR) is 106 cm³/mol. The Balaban J connectivity index is 0.00000264. The summed E-state index contributed by atoms with van der Waals surface area (Å²) in [4.78, 5) is 4.67. The van der Waals surface area contributed by atoms with Crippen molar-refractivity contribution >= 4 is 29.9 Å². The summed E-state index contributed by atoms with van der Waals surface area (Å²) < 4.78 is 1.86. The molecule has 0 spiro atoms. The Hall–Kier alpha value is -1.57. The van der Waals surface area contributed by atoms with Crippen molar-refractivity contribution in [3.05, 3.63) is 52.8 Å². The minimum absolute atomic E-state index is 0. The SMILES string of the molecule is CCNC(=NCc1ccc(C)cc1C)NCc1ccnn1C.I. The zero-order chi connectivity index (χ0) is 15.9. The molecule has 0 saturated carbocycles. The van der Waals surface area contributed by atoms with Crippen molar-refractivity contribution in [3.8, 4) is 0 Å². The number of guanidine groups is 1. The first-order valence-corrected chi connectivity index (χ1v) is 7.65. The monoisotopic (exact) mass is 427 g/mol. The third kappa shape index (κ3) is 5.85. The van der Waals surface area contributed by atoms with Crippen molar-refractivity contribution in [1.29, 1.82) is 0 Å². The Morgan fingerprint density at radius 3 is 2.61 bits per heavy atom. The highest BCUT2D eigenvalue weighted by Crippen LogP contribution is 2.11. The summed E-state index contributed by atoms with van der Waals surface area (Å²) in [5.41, 5.74) is 4.94. The first-order chi connectivity index (χ1) is 10.6. The average molecular weight is 427 g/mol. The van der Waals surface area contributed by atoms with E-state index < -0.39 is 0 Å². The lowest BCUT2D eigenvalue weighted by Crippen LogP contribution is -2.37. The number of aromatic nitrogens is 2. The molecule has 23 heavy (non-hydrogen) atoms. The van der Waals surface area contributed by atoms with Gasteiger partial charge in [-0.25, -0.2) is 4.99 Å². The van der Waals surface area contributed by atoms with Gasteiger partial charge < -0.3 is 10.6 Å². The fraction of sp³-hybridized carbons (Fsp3) is 0.412. The van der Waals surface area contributed by atoms with Gasteiger partial charge in [-0.2, -0.15) is 5.10 Å². The van der Waals surface area contributed by atoms with Crippen LogP contribution in [0.15, 0.2) is 35.5 Å². The molecule has 0 unspecified atom stereocenters. The van der Waals surface area contributed by atoms with Gasteiger partial charge in [-0.1, -0.05) is 23.8 Å². The van der Waals surface area contributed by atoms with Gasteiger partial charge in [0.05, 0.1) is 18.8 Å². The smallest absolute Gasteiger partial charge is 0.191 e. The normalized spacial score (nSPS) is 11.0. The number of hydrogen-bond donors (Lipinski definition) is 2. The van der Waals surface area contributed by atoms with E-state index in [-0.39, 0.29) is 24.0 Å². The Morgan fingerprint density at radius 1 is 1.22 bits per heavy atom. The number of nitrogens with zero attached hydrogens (tertiary/aromatic N) is 3. The molecular formula is C17H26IN5. The molecule has 0 bridgehead atoms. The standard InChI is InChI=1S/C17H25N5.HI/c1-5-18-17(20-12-16-8-9-21-22(16)4)19-11-15-7-6-13(2)10-14(15)3;/h6-10H,5,11-12H2,1-4H3,(H2,18,19,20);1H. The van der Waals surface area contributed by atoms with Crippen molar-refractivity contribution in [2.45, 2.75) is 33.9 Å². The number of halogens is 1. The molecule has 0 amide bonds. The summed E-state index contributed by atoms with van der Waals surface area (Å²) in [6, 6.07) is 8.48. The van der Waals surface area contributed by atoms with E-state index in [4.69, 9.17) is 0 Å². The molecule has 1 heterocycles. The van der Waals surface area contributed by atoms with Crippen molar-refractivity contribution in [2.24, 2.45) is 12.0 Å². The minimum atomic E-state index is 0. The second kappa shape index (κ2) is 9.54. The molecule has 1 aromatic heterocycles. The van der Waals surface area contributed by atoms with Crippen molar-refractivity contribution in [3.63, 3.8) is 0 Å². The van der Waals surface area contributed by atoms with Crippen LogP contribution < -0.4 is 10.6 Å². The van der Waals surface area contributed by atoms with Crippen LogP contribution in [0.3, 0.4) is 0 Å². The van der Waals surface area contributed by atoms with Crippen molar-refractivity contribution in [2.75, 3.05) is 6.54 Å². The van der Waals surface area contributed by atoms with Crippen LogP contribution in [0.4, 0.5) is 0 Å². The highest BCUT2D eigenvalue weighted by Gasteiger charge is 2.02. The lowest BCUT2D eigenvalue weighted by Gasteiger charge is -2.12. The molecule has 0 aliphatic heterocycles. The van der Waals surface area contributed by atoms with Crippen LogP contribution in [0, 0.1) is 13.8 Å². The van der Waals surface area contributed by atoms with Crippen LogP contribution in [0.1, 0.15) is 29.3 Å². The number of aliphatic imine (C=N–C) groups is 1. The molecule has 2 aromatic rings. The van der Waals surface area contributed by atoms with Gasteiger partial charge in [-0.3, -0.25) is 4.68 Å². The van der Waals surface area contributed by atoms with Gasteiger partial charge in [0.15, 0.2) is 5.96 Å². The molecule has 0 saturated heterocycles. The maximum atomic E-state index is 4.67. The largest absolute Gasteiger partial charge is 0.357 e. The lowest BCUT2D eigenvalue weighted by atomic mass is 10.1. The van der Waals surface area contributed by atoms with E-state index in [9.17, 15) is 0 Å². The molecule has 6 heteroatoms. The summed E-state index contributed by atoms with van der Waals surface area (Å²) >= 11 is 0. The van der Waals surface area contributed by atoms with E-state index in [0.29, 0.717) is 13.1 Å². The molecule has 0 atom stereocenters. The van der Waals surface area contributed by atoms with Crippen LogP contribution in [0.5, 0.6) is 0 Å². The Kier molecular flexibility index (Phi) is 8.08. The summed E-state index contributed by atoms with van der Waals surface area (Å²) in [6.07, 6.45) is 1.80. The van der Waals surface area contributed by atoms with E-state index in [2.05, 4.69) is 59.7 Å². The van der Waals surface area contributed by atoms with E-state index >= 15 is 0 Å². The molecule has 126 valence electrons. The maximum absolute atomic E-state index is 4.67. The molecular weight excluding hydrogens is 401 g/mol. The fourth-order valence-corrected chi connectivity index (χ4v) is 2.28. The van der Waals surface area contributed by atoms with Gasteiger partial charge in [0.1, 0.15) is 0 Å². The molecule has 0 radical (unpaired) electrons. The number of hydrogen-bond acceptors (Lipinski definition) is 2. The first kappa shape index (κ1) is 19.5. The van der Waals surface area contributed by atoms with Crippen LogP contribution >= 0.6 is 24.0 Å². The Morgan fingerprint density at radius 2 is 2.00 bits per heavy atom. The highest BCUT2D eigenvalue weighted by molar-refractivity contribution is 14.0. The molecule has 2 rings (SSSR count). The molecule has 0 aliphatic carbocycles. The summed E-state index contributed by atoms with van der Waals surface area (Å²) in [6.45, 7) is 8.53. The zero-order valence-electron chi connectivity index (χ0n) is 14.3. The van der Waals surface area contributed by atoms with Crippen LogP contribution in [0.2, 0.25) is 0 Å². The van der Waals surface area contributed by atoms with Gasteiger partial charge in [0.2, 0.25) is 0 Å². The van der Waals surface area contributed by atoms with Crippen LogP contribution in [-0.4, -0.2) is 22.3 Å². The minimum Gasteiger partial charge on any atom is -0.357 e. The number of benzene rings is 1. The molecule has 5 nitrogen and oxygen atoms in total. The second-order valence-corrected chi connectivity index (χ2v) is 5.42. The zero-order valence-corrected chi connectivity index (χ0v) is 16.6. The topological polar surface area (TPSA) is 54.2 Å². The van der Waals surface area contributed by atoms with E-state index in [0.717, 1.165) is 18.2 Å². The molecule has 0 aliphatic rings. The van der Waals surface area contributed by atoms with Crippen LogP contribution in [0.25, 0.3) is 0 Å². The van der Waals surface area contributed by atoms with Gasteiger partial charge in [-0.15, -0.1) is 24.0 Å². The summed E-state index contributed by atoms with van der Waals surface area (Å²) in [7, 11) is 1.94. The van der Waals surface area contributed by atoms with Gasteiger partial charge >= 0.3 is 0 Å². The third-order valence-corrected chi connectivity index (χ3v) is 3.61. The maximum Gasteiger partial charge on any atom is 0.191 e. The highest BCUT2D eigenvalue weighted by atomic mass is 127. The van der Waals surface area contributed by atoms with E-state index in [1.165, 1.54) is 16.7 Å². The molecule has 1 aromatic carbocycles. The van der Waals surface area contributed by atoms with Gasteiger partial charge in [0, 0.05) is 19.8 Å². The lowest BCUT2D eigenvalue weighted by molar-refractivity contribution is 0.685. The van der Waals surface area contributed by atoms with Crippen LogP contribution in [-0.2, 0) is 20.1 Å². The Labute approximate surface area is 155 Å².